The van der Waals surface area contributed by atoms with Crippen LogP contribution < -0.4 is 5.32 Å². The second kappa shape index (κ2) is 7.27. The molecule has 2 aromatic rings. The summed E-state index contributed by atoms with van der Waals surface area (Å²) in [5.41, 5.74) is 1.24. The first-order valence-corrected chi connectivity index (χ1v) is 7.91. The van der Waals surface area contributed by atoms with Gasteiger partial charge >= 0.3 is 0 Å². The molecule has 0 radical (unpaired) electrons. The fraction of sp³-hybridized carbons (Fsp3) is 0.471. The molecule has 0 saturated carbocycles. The second-order valence-corrected chi connectivity index (χ2v) is 5.77. The van der Waals surface area contributed by atoms with Gasteiger partial charge in [-0.1, -0.05) is 18.2 Å². The number of piperidine rings is 1. The van der Waals surface area contributed by atoms with Crippen molar-refractivity contribution in [1.82, 2.24) is 14.7 Å². The standard InChI is InChI=1S/C17H24N4/c1-2-7-16(8-3-1)19-17-9-4-11-20(15-17)12-6-14-21-13-5-10-18-21/h1-3,5,7-8,10,13,17,19H,4,6,9,11-12,14-15H2/t17-/m0/s1. The second-order valence-electron chi connectivity index (χ2n) is 5.77. The number of nitrogens with one attached hydrogen (secondary N) is 1. The summed E-state index contributed by atoms with van der Waals surface area (Å²) in [6.45, 7) is 4.55. The molecule has 2 heterocycles. The number of benzene rings is 1. The lowest BCUT2D eigenvalue weighted by Gasteiger charge is -2.33. The van der Waals surface area contributed by atoms with Crippen LogP contribution in [-0.2, 0) is 6.54 Å². The van der Waals surface area contributed by atoms with Gasteiger partial charge in [0, 0.05) is 37.2 Å². The highest BCUT2D eigenvalue weighted by atomic mass is 15.3. The number of aryl methyl sites for hydroxylation is 1. The number of likely N-dealkylation sites (tertiary alicyclic amines) is 1. The molecule has 1 atom stereocenters. The summed E-state index contributed by atoms with van der Waals surface area (Å²) in [7, 11) is 0. The van der Waals surface area contributed by atoms with Crippen LogP contribution in [-0.4, -0.2) is 40.4 Å². The number of nitrogens with zero attached hydrogens (tertiary/aromatic N) is 3. The minimum atomic E-state index is 0.575. The molecule has 1 saturated heterocycles. The first-order valence-electron chi connectivity index (χ1n) is 7.91. The predicted molar refractivity (Wildman–Crippen MR) is 86.4 cm³/mol. The first kappa shape index (κ1) is 14.1. The number of rotatable bonds is 6. The highest BCUT2D eigenvalue weighted by Crippen LogP contribution is 2.16. The smallest absolute Gasteiger partial charge is 0.0489 e. The Kier molecular flexibility index (Phi) is 4.90. The Balaban J connectivity index is 1.42. The maximum atomic E-state index is 4.26. The summed E-state index contributed by atoms with van der Waals surface area (Å²) in [6.07, 6.45) is 7.60. The third kappa shape index (κ3) is 4.33. The fourth-order valence-electron chi connectivity index (χ4n) is 3.04. The van der Waals surface area contributed by atoms with Gasteiger partial charge in [0.2, 0.25) is 0 Å². The number of hydrogen-bond acceptors (Lipinski definition) is 3. The monoisotopic (exact) mass is 284 g/mol. The van der Waals surface area contributed by atoms with Gasteiger partial charge in [0.25, 0.3) is 0 Å². The van der Waals surface area contributed by atoms with E-state index in [-0.39, 0.29) is 0 Å². The zero-order chi connectivity index (χ0) is 14.3. The summed E-state index contributed by atoms with van der Waals surface area (Å²) < 4.78 is 2.02. The Hall–Kier alpha value is -1.81. The van der Waals surface area contributed by atoms with Crippen molar-refractivity contribution in [2.24, 2.45) is 0 Å². The summed E-state index contributed by atoms with van der Waals surface area (Å²) in [5.74, 6) is 0. The molecular formula is C17H24N4. The van der Waals surface area contributed by atoms with Crippen LogP contribution in [0.1, 0.15) is 19.3 Å². The number of aromatic nitrogens is 2. The Morgan fingerprint density at radius 1 is 1.14 bits per heavy atom. The number of hydrogen-bond donors (Lipinski definition) is 1. The van der Waals surface area contributed by atoms with Crippen LogP contribution in [0.3, 0.4) is 0 Å². The topological polar surface area (TPSA) is 33.1 Å². The average Bonchev–Trinajstić information content (AvgIpc) is 3.02. The van der Waals surface area contributed by atoms with Crippen molar-refractivity contribution in [3.05, 3.63) is 48.8 Å². The van der Waals surface area contributed by atoms with Crippen LogP contribution >= 0.6 is 0 Å². The minimum absolute atomic E-state index is 0.575. The molecule has 4 nitrogen and oxygen atoms in total. The molecule has 0 aliphatic carbocycles. The van der Waals surface area contributed by atoms with E-state index in [1.165, 1.54) is 31.5 Å². The minimum Gasteiger partial charge on any atom is -0.381 e. The van der Waals surface area contributed by atoms with Gasteiger partial charge in [-0.3, -0.25) is 4.68 Å². The molecule has 1 aromatic carbocycles. The van der Waals surface area contributed by atoms with Crippen LogP contribution in [0.4, 0.5) is 5.69 Å². The molecular weight excluding hydrogens is 260 g/mol. The van der Waals surface area contributed by atoms with Gasteiger partial charge in [0.1, 0.15) is 0 Å². The van der Waals surface area contributed by atoms with E-state index in [2.05, 4.69) is 45.6 Å². The molecule has 0 amide bonds. The van der Waals surface area contributed by atoms with E-state index >= 15 is 0 Å². The van der Waals surface area contributed by atoms with Crippen molar-refractivity contribution >= 4 is 5.69 Å². The Morgan fingerprint density at radius 2 is 2.05 bits per heavy atom. The lowest BCUT2D eigenvalue weighted by molar-refractivity contribution is 0.210. The summed E-state index contributed by atoms with van der Waals surface area (Å²) in [5, 5.41) is 7.91. The van der Waals surface area contributed by atoms with E-state index in [1.807, 2.05) is 23.1 Å². The van der Waals surface area contributed by atoms with Gasteiger partial charge in [0.05, 0.1) is 0 Å². The third-order valence-electron chi connectivity index (χ3n) is 4.07. The SMILES string of the molecule is c1ccc(N[C@H]2CCCN(CCCn3cccn3)C2)cc1. The largest absolute Gasteiger partial charge is 0.381 e. The van der Waals surface area contributed by atoms with E-state index in [0.717, 1.165) is 19.6 Å². The molecule has 1 aromatic heterocycles. The normalized spacial score (nSPS) is 19.5. The van der Waals surface area contributed by atoms with Gasteiger partial charge in [-0.15, -0.1) is 0 Å². The lowest BCUT2D eigenvalue weighted by Crippen LogP contribution is -2.42. The van der Waals surface area contributed by atoms with Crippen molar-refractivity contribution in [3.8, 4) is 0 Å². The average molecular weight is 284 g/mol. The maximum absolute atomic E-state index is 4.26. The van der Waals surface area contributed by atoms with Crippen LogP contribution in [0.2, 0.25) is 0 Å². The maximum Gasteiger partial charge on any atom is 0.0489 e. The molecule has 0 spiro atoms. The van der Waals surface area contributed by atoms with E-state index in [4.69, 9.17) is 0 Å². The Labute approximate surface area is 126 Å². The summed E-state index contributed by atoms with van der Waals surface area (Å²) in [4.78, 5) is 2.58. The van der Waals surface area contributed by atoms with Gasteiger partial charge in [-0.2, -0.15) is 5.10 Å². The van der Waals surface area contributed by atoms with Gasteiger partial charge in [-0.25, -0.2) is 0 Å². The Bertz CT molecular complexity index is 509. The summed E-state index contributed by atoms with van der Waals surface area (Å²) >= 11 is 0. The van der Waals surface area contributed by atoms with Crippen molar-refractivity contribution in [2.75, 3.05) is 25.0 Å². The molecule has 1 aliphatic rings. The van der Waals surface area contributed by atoms with Crippen molar-refractivity contribution < 1.29 is 0 Å². The van der Waals surface area contributed by atoms with E-state index in [0.29, 0.717) is 6.04 Å². The molecule has 0 bridgehead atoms. The van der Waals surface area contributed by atoms with E-state index in [9.17, 15) is 0 Å². The quantitative estimate of drug-likeness (QED) is 0.885. The fourth-order valence-corrected chi connectivity index (χ4v) is 3.04. The number of para-hydroxylation sites is 1. The van der Waals surface area contributed by atoms with Crippen molar-refractivity contribution in [3.63, 3.8) is 0 Å². The van der Waals surface area contributed by atoms with Gasteiger partial charge in [0.15, 0.2) is 0 Å². The third-order valence-corrected chi connectivity index (χ3v) is 4.07. The Morgan fingerprint density at radius 3 is 2.86 bits per heavy atom. The zero-order valence-corrected chi connectivity index (χ0v) is 12.5. The molecule has 1 aliphatic heterocycles. The molecule has 112 valence electrons. The zero-order valence-electron chi connectivity index (χ0n) is 12.5. The molecule has 1 N–H and O–H groups in total. The molecule has 4 heteroatoms. The first-order chi connectivity index (χ1) is 10.4. The molecule has 21 heavy (non-hydrogen) atoms. The van der Waals surface area contributed by atoms with Gasteiger partial charge in [-0.05, 0) is 50.6 Å². The molecule has 3 rings (SSSR count). The van der Waals surface area contributed by atoms with Crippen LogP contribution in [0, 0.1) is 0 Å². The van der Waals surface area contributed by atoms with E-state index < -0.39 is 0 Å². The highest BCUT2D eigenvalue weighted by Gasteiger charge is 2.19. The van der Waals surface area contributed by atoms with Gasteiger partial charge < -0.3 is 10.2 Å². The van der Waals surface area contributed by atoms with Crippen LogP contribution in [0.15, 0.2) is 48.8 Å². The van der Waals surface area contributed by atoms with Crippen molar-refractivity contribution in [2.45, 2.75) is 31.8 Å². The highest BCUT2D eigenvalue weighted by molar-refractivity contribution is 5.43. The van der Waals surface area contributed by atoms with Crippen LogP contribution in [0.25, 0.3) is 0 Å². The molecule has 1 fully saturated rings. The van der Waals surface area contributed by atoms with Crippen molar-refractivity contribution in [1.29, 1.82) is 0 Å². The van der Waals surface area contributed by atoms with Crippen LogP contribution in [0.5, 0.6) is 0 Å². The van der Waals surface area contributed by atoms with E-state index in [1.54, 1.807) is 0 Å². The number of anilines is 1. The molecule has 0 unspecified atom stereocenters. The lowest BCUT2D eigenvalue weighted by atomic mass is 10.1. The summed E-state index contributed by atoms with van der Waals surface area (Å²) in [6, 6.07) is 13.1. The predicted octanol–water partition coefficient (Wildman–Crippen LogP) is 2.85.